The van der Waals surface area contributed by atoms with Gasteiger partial charge in [0.15, 0.2) is 0 Å². The van der Waals surface area contributed by atoms with Crippen LogP contribution in [0.2, 0.25) is 0 Å². The molecule has 0 bridgehead atoms. The Morgan fingerprint density at radius 3 is 2.33 bits per heavy atom. The average molecular weight is 286 g/mol. The van der Waals surface area contributed by atoms with Crippen molar-refractivity contribution in [2.75, 3.05) is 0 Å². The van der Waals surface area contributed by atoms with Crippen molar-refractivity contribution in [3.05, 3.63) is 35.9 Å². The van der Waals surface area contributed by atoms with Gasteiger partial charge in [0.25, 0.3) is 0 Å². The van der Waals surface area contributed by atoms with E-state index in [9.17, 15) is 4.79 Å². The van der Waals surface area contributed by atoms with E-state index in [1.54, 1.807) is 0 Å². The third-order valence-electron chi connectivity index (χ3n) is 5.74. The highest BCUT2D eigenvalue weighted by atomic mass is 16.1. The SMILES string of the molecule is CCC1CCCC(C(=O)C(CC)(CC)c2ccccc2)C1. The van der Waals surface area contributed by atoms with E-state index < -0.39 is 0 Å². The molecule has 0 N–H and O–H groups in total. The fourth-order valence-corrected chi connectivity index (χ4v) is 4.20. The molecule has 0 radical (unpaired) electrons. The maximum atomic E-state index is 13.3. The predicted octanol–water partition coefficient (Wildman–Crippen LogP) is 5.53. The molecule has 0 amide bonds. The minimum absolute atomic E-state index is 0.262. The zero-order valence-corrected chi connectivity index (χ0v) is 13.9. The highest BCUT2D eigenvalue weighted by Crippen LogP contribution is 2.40. The van der Waals surface area contributed by atoms with E-state index in [2.05, 4.69) is 45.0 Å². The first kappa shape index (κ1) is 16.3. The molecule has 2 atom stereocenters. The van der Waals surface area contributed by atoms with Crippen LogP contribution >= 0.6 is 0 Å². The third kappa shape index (κ3) is 3.22. The van der Waals surface area contributed by atoms with Crippen molar-refractivity contribution in [1.29, 1.82) is 0 Å². The Morgan fingerprint density at radius 2 is 1.76 bits per heavy atom. The van der Waals surface area contributed by atoms with Gasteiger partial charge in [0.2, 0.25) is 0 Å². The van der Waals surface area contributed by atoms with Gasteiger partial charge in [0.05, 0.1) is 5.41 Å². The molecule has 1 aromatic rings. The van der Waals surface area contributed by atoms with Gasteiger partial charge in [-0.2, -0.15) is 0 Å². The zero-order valence-electron chi connectivity index (χ0n) is 13.9. The molecule has 1 fully saturated rings. The van der Waals surface area contributed by atoms with Gasteiger partial charge in [-0.15, -0.1) is 0 Å². The topological polar surface area (TPSA) is 17.1 Å². The first-order valence-electron chi connectivity index (χ1n) is 8.77. The lowest BCUT2D eigenvalue weighted by molar-refractivity contribution is -0.130. The second-order valence-electron chi connectivity index (χ2n) is 6.66. The van der Waals surface area contributed by atoms with Crippen molar-refractivity contribution < 1.29 is 4.79 Å². The molecule has 0 heterocycles. The highest BCUT2D eigenvalue weighted by Gasteiger charge is 2.41. The van der Waals surface area contributed by atoms with Crippen LogP contribution < -0.4 is 0 Å². The van der Waals surface area contributed by atoms with E-state index in [-0.39, 0.29) is 11.3 Å². The number of carbonyl (C=O) groups is 1. The number of benzene rings is 1. The van der Waals surface area contributed by atoms with E-state index in [1.807, 2.05) is 6.07 Å². The quantitative estimate of drug-likeness (QED) is 0.672. The van der Waals surface area contributed by atoms with Gasteiger partial charge < -0.3 is 0 Å². The first-order valence-corrected chi connectivity index (χ1v) is 8.77. The van der Waals surface area contributed by atoms with Gasteiger partial charge in [0.1, 0.15) is 5.78 Å². The highest BCUT2D eigenvalue weighted by molar-refractivity contribution is 5.92. The van der Waals surface area contributed by atoms with E-state index in [4.69, 9.17) is 0 Å². The van der Waals surface area contributed by atoms with Crippen LogP contribution in [0.15, 0.2) is 30.3 Å². The summed E-state index contributed by atoms with van der Waals surface area (Å²) >= 11 is 0. The van der Waals surface area contributed by atoms with Crippen LogP contribution in [0.25, 0.3) is 0 Å². The zero-order chi connectivity index (χ0) is 15.3. The molecule has 1 aliphatic rings. The van der Waals surface area contributed by atoms with Gasteiger partial charge in [-0.05, 0) is 37.2 Å². The molecule has 2 rings (SSSR count). The van der Waals surface area contributed by atoms with Crippen LogP contribution in [0.1, 0.15) is 71.3 Å². The Balaban J connectivity index is 2.27. The molecule has 2 unspecified atom stereocenters. The minimum Gasteiger partial charge on any atom is -0.298 e. The van der Waals surface area contributed by atoms with Crippen molar-refractivity contribution in [2.24, 2.45) is 11.8 Å². The second kappa shape index (κ2) is 7.24. The lowest BCUT2D eigenvalue weighted by atomic mass is 9.65. The normalized spacial score (nSPS) is 23.0. The van der Waals surface area contributed by atoms with E-state index >= 15 is 0 Å². The third-order valence-corrected chi connectivity index (χ3v) is 5.74. The predicted molar refractivity (Wildman–Crippen MR) is 89.4 cm³/mol. The number of rotatable bonds is 6. The summed E-state index contributed by atoms with van der Waals surface area (Å²) in [6, 6.07) is 10.5. The summed E-state index contributed by atoms with van der Waals surface area (Å²) in [6.45, 7) is 6.62. The van der Waals surface area contributed by atoms with Crippen molar-refractivity contribution in [1.82, 2.24) is 0 Å². The molecule has 0 saturated heterocycles. The fourth-order valence-electron chi connectivity index (χ4n) is 4.20. The molecule has 0 spiro atoms. The molecular formula is C20H30O. The summed E-state index contributed by atoms with van der Waals surface area (Å²) in [5, 5.41) is 0. The Bertz CT molecular complexity index is 444. The maximum Gasteiger partial charge on any atom is 0.146 e. The molecule has 1 heteroatoms. The maximum absolute atomic E-state index is 13.3. The van der Waals surface area contributed by atoms with Crippen molar-refractivity contribution in [2.45, 2.75) is 71.1 Å². The van der Waals surface area contributed by atoms with E-state index in [0.717, 1.165) is 31.6 Å². The van der Waals surface area contributed by atoms with Crippen LogP contribution in [0.3, 0.4) is 0 Å². The van der Waals surface area contributed by atoms with E-state index in [0.29, 0.717) is 5.78 Å². The van der Waals surface area contributed by atoms with Crippen LogP contribution in [-0.2, 0) is 10.2 Å². The largest absolute Gasteiger partial charge is 0.298 e. The number of Topliss-reactive ketones (excluding diaryl/α,β-unsaturated/α-hetero) is 1. The summed E-state index contributed by atoms with van der Waals surface area (Å²) in [7, 11) is 0. The first-order chi connectivity index (χ1) is 10.2. The number of hydrogen-bond donors (Lipinski definition) is 0. The molecular weight excluding hydrogens is 256 g/mol. The molecule has 0 aliphatic heterocycles. The standard InChI is InChI=1S/C20H30O/c1-4-16-11-10-12-17(15-16)19(21)20(5-2,6-3)18-13-8-7-9-14-18/h7-9,13-14,16-17H,4-6,10-12,15H2,1-3H3. The Hall–Kier alpha value is -1.11. The van der Waals surface area contributed by atoms with Gasteiger partial charge >= 0.3 is 0 Å². The molecule has 1 aromatic carbocycles. The summed E-state index contributed by atoms with van der Waals surface area (Å²) in [4.78, 5) is 13.3. The van der Waals surface area contributed by atoms with Crippen LogP contribution in [0.4, 0.5) is 0 Å². The smallest absolute Gasteiger partial charge is 0.146 e. The molecule has 116 valence electrons. The lowest BCUT2D eigenvalue weighted by Gasteiger charge is -2.37. The second-order valence-corrected chi connectivity index (χ2v) is 6.66. The molecule has 0 aromatic heterocycles. The van der Waals surface area contributed by atoms with Crippen molar-refractivity contribution in [3.8, 4) is 0 Å². The molecule has 1 saturated carbocycles. The van der Waals surface area contributed by atoms with Crippen LogP contribution in [0.5, 0.6) is 0 Å². The van der Waals surface area contributed by atoms with Gasteiger partial charge in [-0.1, -0.05) is 70.4 Å². The molecule has 1 aliphatic carbocycles. The van der Waals surface area contributed by atoms with Gasteiger partial charge in [-0.25, -0.2) is 0 Å². The lowest BCUT2D eigenvalue weighted by Crippen LogP contribution is -2.41. The summed E-state index contributed by atoms with van der Waals surface area (Å²) in [5.74, 6) is 1.55. The minimum atomic E-state index is -0.262. The molecule has 1 nitrogen and oxygen atoms in total. The number of ketones is 1. The van der Waals surface area contributed by atoms with E-state index in [1.165, 1.54) is 24.8 Å². The van der Waals surface area contributed by atoms with Crippen LogP contribution in [-0.4, -0.2) is 5.78 Å². The van der Waals surface area contributed by atoms with Crippen LogP contribution in [0, 0.1) is 11.8 Å². The molecule has 21 heavy (non-hydrogen) atoms. The summed E-state index contributed by atoms with van der Waals surface area (Å²) < 4.78 is 0. The Morgan fingerprint density at radius 1 is 1.10 bits per heavy atom. The van der Waals surface area contributed by atoms with Crippen molar-refractivity contribution in [3.63, 3.8) is 0 Å². The summed E-state index contributed by atoms with van der Waals surface area (Å²) in [6.07, 6.45) is 7.82. The number of carbonyl (C=O) groups excluding carboxylic acids is 1. The van der Waals surface area contributed by atoms with Gasteiger partial charge in [-0.3, -0.25) is 4.79 Å². The number of hydrogen-bond acceptors (Lipinski definition) is 1. The Labute approximate surface area is 130 Å². The Kier molecular flexibility index (Phi) is 5.61. The fraction of sp³-hybridized carbons (Fsp3) is 0.650. The summed E-state index contributed by atoms with van der Waals surface area (Å²) in [5.41, 5.74) is 0.959. The van der Waals surface area contributed by atoms with Gasteiger partial charge in [0, 0.05) is 5.92 Å². The van der Waals surface area contributed by atoms with Crippen molar-refractivity contribution >= 4 is 5.78 Å². The average Bonchev–Trinajstić information content (AvgIpc) is 2.57. The monoisotopic (exact) mass is 286 g/mol.